The number of rotatable bonds is 87. The summed E-state index contributed by atoms with van der Waals surface area (Å²) in [5.41, 5.74) is 1.74. The molecule has 3 fully saturated rings. The molecule has 0 amide bonds. The maximum atomic E-state index is 10.3. The van der Waals surface area contributed by atoms with E-state index in [9.17, 15) is 56.2 Å². The first-order chi connectivity index (χ1) is 62.6. The maximum absolute atomic E-state index is 10.3. The highest BCUT2D eigenvalue weighted by Gasteiger charge is 2.46. The summed E-state index contributed by atoms with van der Waals surface area (Å²) in [5.74, 6) is -0.383. The third-order valence-electron chi connectivity index (χ3n) is 20.8. The molecule has 3 aromatic rings. The van der Waals surface area contributed by atoms with Crippen molar-refractivity contribution < 1.29 is 170 Å². The predicted octanol–water partition coefficient (Wildman–Crippen LogP) is -0.757. The Balaban J connectivity index is 0.711. The van der Waals surface area contributed by atoms with Crippen LogP contribution in [0.25, 0.3) is 0 Å². The van der Waals surface area contributed by atoms with E-state index in [1.807, 2.05) is 25.5 Å². The molecule has 0 aliphatic carbocycles. The Morgan fingerprint density at radius 2 is 0.492 bits per heavy atom. The highest BCUT2D eigenvalue weighted by molar-refractivity contribution is 4.93. The quantitative estimate of drug-likeness (QED) is 0.0310. The normalized spacial score (nSPS) is 23.3. The van der Waals surface area contributed by atoms with Gasteiger partial charge in [0.15, 0.2) is 18.9 Å². The van der Waals surface area contributed by atoms with E-state index in [4.69, 9.17) is 114 Å². The van der Waals surface area contributed by atoms with Crippen LogP contribution in [0.15, 0.2) is 18.6 Å². The van der Waals surface area contributed by atoms with Gasteiger partial charge >= 0.3 is 0 Å². The van der Waals surface area contributed by atoms with Crippen LogP contribution < -0.4 is 0 Å². The van der Waals surface area contributed by atoms with Crippen LogP contribution in [0.3, 0.4) is 0 Å². The van der Waals surface area contributed by atoms with Gasteiger partial charge in [-0.2, -0.15) is 0 Å². The van der Waals surface area contributed by atoms with Crippen LogP contribution in [-0.4, -0.2) is 445 Å². The van der Waals surface area contributed by atoms with Crippen molar-refractivity contribution in [3.05, 3.63) is 35.7 Å². The SMILES string of the molecule is C[C@@H]1C(CO)O[C@@H](OCCCCCCCOCc2cn(CCOCCOCCOCCOCCOCC(C)(COCCOCCOCCOCCOCCn3cc(COCCCCCCCO[C@@H]4OC(CO)[C@@H](O)C(O)C4O)nn3)COCCOCCOCCOCCOCCn3cc(COCCCCCCCO[C@@H]4OC(CO)[C@@H](O)C(O)C4O)nn3)nn2)C(O)C1O. The molecule has 0 bridgehead atoms. The molecule has 6 rings (SSSR count). The molecular formula is C84H155N9O35. The van der Waals surface area contributed by atoms with Crippen LogP contribution in [0.5, 0.6) is 0 Å². The monoisotopic (exact) mass is 1850 g/mol. The largest absolute Gasteiger partial charge is 0.394 e. The summed E-state index contributed by atoms with van der Waals surface area (Å²) >= 11 is 0. The third-order valence-corrected chi connectivity index (χ3v) is 20.8. The number of unbranched alkanes of at least 4 members (excludes halogenated alkanes) is 12. The van der Waals surface area contributed by atoms with Crippen molar-refractivity contribution in [2.45, 2.75) is 236 Å². The van der Waals surface area contributed by atoms with Crippen molar-refractivity contribution in [3.8, 4) is 0 Å². The van der Waals surface area contributed by atoms with Crippen LogP contribution in [-0.2, 0) is 153 Å². The minimum Gasteiger partial charge on any atom is -0.394 e. The van der Waals surface area contributed by atoms with Gasteiger partial charge in [0.25, 0.3) is 0 Å². The summed E-state index contributed by atoms with van der Waals surface area (Å²) in [5, 5.41) is 134. The molecule has 0 aromatic carbocycles. The maximum Gasteiger partial charge on any atom is 0.186 e. The molecule has 3 aromatic heterocycles. The van der Waals surface area contributed by atoms with Gasteiger partial charge in [0.05, 0.1) is 288 Å². The molecule has 44 heteroatoms. The Hall–Kier alpha value is -3.98. The summed E-state index contributed by atoms with van der Waals surface area (Å²) < 4.78 is 142. The molecule has 746 valence electrons. The van der Waals surface area contributed by atoms with Crippen LogP contribution in [0, 0.1) is 11.3 Å². The van der Waals surface area contributed by atoms with Gasteiger partial charge < -0.3 is 170 Å². The van der Waals surface area contributed by atoms with E-state index in [-0.39, 0.29) is 12.5 Å². The lowest BCUT2D eigenvalue weighted by molar-refractivity contribution is -0.301. The van der Waals surface area contributed by atoms with Gasteiger partial charge in [-0.15, -0.1) is 15.3 Å². The van der Waals surface area contributed by atoms with Crippen molar-refractivity contribution in [1.82, 2.24) is 45.0 Å². The van der Waals surface area contributed by atoms with E-state index >= 15 is 0 Å². The Morgan fingerprint density at radius 3 is 0.758 bits per heavy atom. The molecule has 0 saturated carbocycles. The molecule has 0 spiro atoms. The first kappa shape index (κ1) is 113. The van der Waals surface area contributed by atoms with Crippen molar-refractivity contribution in [2.75, 3.05) is 258 Å². The van der Waals surface area contributed by atoms with Gasteiger partial charge in [-0.25, -0.2) is 14.0 Å². The van der Waals surface area contributed by atoms with Gasteiger partial charge in [-0.3, -0.25) is 0 Å². The average molecular weight is 1850 g/mol. The van der Waals surface area contributed by atoms with Crippen molar-refractivity contribution in [3.63, 3.8) is 0 Å². The number of aromatic nitrogens is 9. The lowest BCUT2D eigenvalue weighted by Gasteiger charge is -2.40. The first-order valence-electron chi connectivity index (χ1n) is 45.8. The number of ether oxygens (including phenoxy) is 24. The van der Waals surface area contributed by atoms with Gasteiger partial charge in [-0.05, 0) is 38.5 Å². The summed E-state index contributed by atoms with van der Waals surface area (Å²) in [4.78, 5) is 0. The second kappa shape index (κ2) is 73.4. The Morgan fingerprint density at radius 1 is 0.266 bits per heavy atom. The fraction of sp³-hybridized carbons (Fsp3) is 0.929. The molecule has 3 aliphatic rings. The summed E-state index contributed by atoms with van der Waals surface area (Å²) in [6.07, 6.45) is 2.71. The van der Waals surface area contributed by atoms with Crippen molar-refractivity contribution in [1.29, 1.82) is 0 Å². The number of hydrogen-bond donors (Lipinski definition) is 11. The smallest absolute Gasteiger partial charge is 0.186 e. The fourth-order valence-electron chi connectivity index (χ4n) is 13.2. The predicted molar refractivity (Wildman–Crippen MR) is 451 cm³/mol. The molecule has 11 N–H and O–H groups in total. The number of hydrogen-bond acceptors (Lipinski definition) is 41. The summed E-state index contributed by atoms with van der Waals surface area (Å²) in [6.45, 7) is 20.2. The molecule has 15 atom stereocenters. The number of aliphatic hydroxyl groups is 11. The highest BCUT2D eigenvalue weighted by Crippen LogP contribution is 2.28. The van der Waals surface area contributed by atoms with Crippen LogP contribution in [0.4, 0.5) is 0 Å². The van der Waals surface area contributed by atoms with E-state index < -0.39 is 105 Å². The molecule has 9 unspecified atom stereocenters. The van der Waals surface area contributed by atoms with Crippen LogP contribution in [0.1, 0.15) is 127 Å². The van der Waals surface area contributed by atoms with Crippen LogP contribution >= 0.6 is 0 Å². The Labute approximate surface area is 752 Å². The third kappa shape index (κ3) is 50.6. The van der Waals surface area contributed by atoms with E-state index in [1.165, 1.54) is 0 Å². The van der Waals surface area contributed by atoms with Gasteiger partial charge in [0, 0.05) is 51.0 Å². The zero-order valence-electron chi connectivity index (χ0n) is 75.6. The van der Waals surface area contributed by atoms with Crippen molar-refractivity contribution >= 4 is 0 Å². The molecular weight excluding hydrogens is 1690 g/mol. The molecule has 44 nitrogen and oxygen atoms in total. The number of aliphatic hydroxyl groups excluding tert-OH is 11. The second-order valence-corrected chi connectivity index (χ2v) is 31.8. The fourth-order valence-corrected chi connectivity index (χ4v) is 13.2. The van der Waals surface area contributed by atoms with Gasteiger partial charge in [0.1, 0.15) is 72.0 Å². The van der Waals surface area contributed by atoms with E-state index in [0.29, 0.717) is 277 Å². The first-order valence-corrected chi connectivity index (χ1v) is 45.8. The Kier molecular flexibility index (Phi) is 64.6. The van der Waals surface area contributed by atoms with Crippen molar-refractivity contribution in [2.24, 2.45) is 11.3 Å². The molecule has 3 saturated heterocycles. The highest BCUT2D eigenvalue weighted by atomic mass is 16.7. The van der Waals surface area contributed by atoms with E-state index in [0.717, 1.165) is 113 Å². The topological polar surface area (TPSA) is 536 Å². The standard InChI is InChI=1S/C84H155N9O35/c1-66-70(57-94)126-81(78(102)73(66)97)123-24-15-9-3-6-12-21-117-60-67-54-91(88-85-67)18-27-105-30-33-108-36-39-111-42-45-114-48-51-120-63-84(2,64-121-52-49-115-46-43-112-40-37-109-34-31-106-28-19-92-55-68(86-89-92)61-118-22-13-7-4-10-16-25-124-82-79(103)76(100)74(98)71(58-95)127-82)65-122-53-50-116-47-44-113-41-38-110-35-32-107-29-20-93-56-69(87-90-93)62-119-23-14-8-5-11-17-26-125-83-80(104)77(101)75(99)72(59-96)128-83/h54-56,66,70-83,94-104H,3-53,57-65H2,1-2H3/t66-,70?,71?,72?,73?,74-,75-,76?,77?,78?,79?,80?,81-,82-,83-,84?/m1/s1. The van der Waals surface area contributed by atoms with Crippen LogP contribution in [0.2, 0.25) is 0 Å². The van der Waals surface area contributed by atoms with Gasteiger partial charge in [0.2, 0.25) is 0 Å². The molecule has 6 heterocycles. The lowest BCUT2D eigenvalue weighted by Crippen LogP contribution is -2.59. The molecule has 3 aliphatic heterocycles. The zero-order chi connectivity index (χ0) is 91.4. The Bertz CT molecular complexity index is 2720. The van der Waals surface area contributed by atoms with E-state index in [2.05, 4.69) is 30.9 Å². The zero-order valence-corrected chi connectivity index (χ0v) is 75.6. The molecule has 0 radical (unpaired) electrons. The summed E-state index contributed by atoms with van der Waals surface area (Å²) in [6, 6.07) is 0. The lowest BCUT2D eigenvalue weighted by atomic mass is 9.91. The molecule has 128 heavy (non-hydrogen) atoms. The van der Waals surface area contributed by atoms with Gasteiger partial charge in [-0.1, -0.05) is 87.3 Å². The second-order valence-electron chi connectivity index (χ2n) is 31.8. The summed E-state index contributed by atoms with van der Waals surface area (Å²) in [7, 11) is 0. The minimum absolute atomic E-state index is 0.245. The minimum atomic E-state index is -1.45. The average Bonchev–Trinajstić information content (AvgIpc) is 1.01. The number of nitrogens with zero attached hydrogens (tertiary/aromatic N) is 9. The van der Waals surface area contributed by atoms with E-state index in [1.54, 1.807) is 21.0 Å².